The van der Waals surface area contributed by atoms with E-state index in [0.29, 0.717) is 23.2 Å². The fourth-order valence-electron chi connectivity index (χ4n) is 2.50. The van der Waals surface area contributed by atoms with E-state index in [1.807, 2.05) is 24.3 Å². The Labute approximate surface area is 147 Å². The van der Waals surface area contributed by atoms with Gasteiger partial charge in [0.25, 0.3) is 0 Å². The molecule has 0 aliphatic heterocycles. The maximum Gasteiger partial charge on any atom is 0.150 e. The number of carbonyl (C=O) groups excluding carboxylic acids is 2. The Bertz CT molecular complexity index is 809. The van der Waals surface area contributed by atoms with Crippen LogP contribution in [0.25, 0.3) is 11.6 Å². The van der Waals surface area contributed by atoms with Gasteiger partial charge in [-0.2, -0.15) is 0 Å². The molecule has 0 saturated heterocycles. The zero-order valence-corrected chi connectivity index (χ0v) is 14.8. The van der Waals surface area contributed by atoms with Crippen molar-refractivity contribution >= 4 is 23.9 Å². The van der Waals surface area contributed by atoms with Gasteiger partial charge in [0, 0.05) is 16.7 Å². The number of carbonyl (C=O) groups is 2. The molecule has 130 valence electrons. The highest BCUT2D eigenvalue weighted by Gasteiger charge is 2.14. The van der Waals surface area contributed by atoms with Gasteiger partial charge >= 0.3 is 0 Å². The average Bonchev–Trinajstić information content (AvgIpc) is 2.58. The Balaban J connectivity index is 2.50. The average molecular weight is 337 g/mol. The highest BCUT2D eigenvalue weighted by Crippen LogP contribution is 2.29. The first-order chi connectivity index (χ1) is 11.8. The summed E-state index contributed by atoms with van der Waals surface area (Å²) in [4.78, 5) is 22.5. The summed E-state index contributed by atoms with van der Waals surface area (Å²) in [6.07, 6.45) is 2.22. The van der Waals surface area contributed by atoms with Gasteiger partial charge in [0.1, 0.15) is 12.0 Å². The van der Waals surface area contributed by atoms with E-state index in [9.17, 15) is 14.7 Å². The van der Waals surface area contributed by atoms with Gasteiger partial charge in [-0.1, -0.05) is 51.1 Å². The van der Waals surface area contributed by atoms with Gasteiger partial charge in [0.05, 0.1) is 13.1 Å². The molecule has 0 bridgehead atoms. The predicted molar refractivity (Wildman–Crippen MR) is 96.4 cm³/mol. The van der Waals surface area contributed by atoms with Crippen molar-refractivity contribution in [1.82, 2.24) is 0 Å². The molecule has 0 aromatic heterocycles. The number of benzene rings is 2. The third kappa shape index (κ3) is 4.35. The summed E-state index contributed by atoms with van der Waals surface area (Å²) in [6, 6.07) is 12.3. The largest absolute Gasteiger partial charge is 0.545 e. The Morgan fingerprint density at radius 3 is 2.12 bits per heavy atom. The first kappa shape index (κ1) is 18.5. The molecular weight excluding hydrogens is 316 g/mol. The van der Waals surface area contributed by atoms with Crippen LogP contribution in [-0.2, 0) is 10.2 Å². The van der Waals surface area contributed by atoms with Crippen LogP contribution in [0.5, 0.6) is 5.75 Å². The summed E-state index contributed by atoms with van der Waals surface area (Å²) >= 11 is 0. The highest BCUT2D eigenvalue weighted by molar-refractivity contribution is 6.20. The maximum atomic E-state index is 11.6. The SMILES string of the molecule is COc1cc(C=O)ccc1/C(=C/c1ccc(C(C)(C)C)cc1)C(=O)[O-]. The molecular formula is C21H21O4-. The molecule has 2 aromatic rings. The van der Waals surface area contributed by atoms with Crippen molar-refractivity contribution in [3.8, 4) is 5.75 Å². The molecule has 0 atom stereocenters. The highest BCUT2D eigenvalue weighted by atomic mass is 16.5. The quantitative estimate of drug-likeness (QED) is 0.478. The van der Waals surface area contributed by atoms with Crippen LogP contribution >= 0.6 is 0 Å². The number of rotatable bonds is 5. The molecule has 0 unspecified atom stereocenters. The van der Waals surface area contributed by atoms with Crippen LogP contribution in [0, 0.1) is 0 Å². The zero-order chi connectivity index (χ0) is 18.6. The predicted octanol–water partition coefficient (Wildman–Crippen LogP) is 3.10. The minimum absolute atomic E-state index is 0.00203. The molecule has 0 radical (unpaired) electrons. The lowest BCUT2D eigenvalue weighted by Gasteiger charge is -2.19. The summed E-state index contributed by atoms with van der Waals surface area (Å²) in [6.45, 7) is 6.34. The molecule has 4 nitrogen and oxygen atoms in total. The van der Waals surface area contributed by atoms with Crippen molar-refractivity contribution in [1.29, 1.82) is 0 Å². The Kier molecular flexibility index (Phi) is 5.42. The van der Waals surface area contributed by atoms with Gasteiger partial charge in [-0.05, 0) is 34.8 Å². The molecule has 0 aliphatic rings. The zero-order valence-electron chi connectivity index (χ0n) is 14.8. The van der Waals surface area contributed by atoms with Crippen LogP contribution in [0.4, 0.5) is 0 Å². The maximum absolute atomic E-state index is 11.6. The number of carboxylic acids is 1. The number of hydrogen-bond donors (Lipinski definition) is 0. The van der Waals surface area contributed by atoms with E-state index >= 15 is 0 Å². The molecule has 2 aromatic carbocycles. The smallest absolute Gasteiger partial charge is 0.150 e. The van der Waals surface area contributed by atoms with E-state index in [1.165, 1.54) is 13.2 Å². The first-order valence-electron chi connectivity index (χ1n) is 7.93. The van der Waals surface area contributed by atoms with Crippen molar-refractivity contribution in [2.24, 2.45) is 0 Å². The second-order valence-electron chi connectivity index (χ2n) is 6.80. The molecule has 4 heteroatoms. The van der Waals surface area contributed by atoms with Gasteiger partial charge in [-0.15, -0.1) is 0 Å². The van der Waals surface area contributed by atoms with Crippen molar-refractivity contribution in [2.45, 2.75) is 26.2 Å². The number of methoxy groups -OCH3 is 1. The van der Waals surface area contributed by atoms with Crippen molar-refractivity contribution in [3.63, 3.8) is 0 Å². The van der Waals surface area contributed by atoms with Crippen LogP contribution in [-0.4, -0.2) is 19.4 Å². The normalized spacial score (nSPS) is 11.9. The topological polar surface area (TPSA) is 66.4 Å². The Hall–Kier alpha value is -2.88. The van der Waals surface area contributed by atoms with Crippen molar-refractivity contribution in [2.75, 3.05) is 7.11 Å². The number of aliphatic carboxylic acids is 1. The van der Waals surface area contributed by atoms with Crippen LogP contribution < -0.4 is 9.84 Å². The van der Waals surface area contributed by atoms with Crippen LogP contribution in [0.1, 0.15) is 47.8 Å². The van der Waals surface area contributed by atoms with Gasteiger partial charge in [0.15, 0.2) is 0 Å². The van der Waals surface area contributed by atoms with Gasteiger partial charge < -0.3 is 14.6 Å². The van der Waals surface area contributed by atoms with Crippen LogP contribution in [0.3, 0.4) is 0 Å². The Morgan fingerprint density at radius 2 is 1.64 bits per heavy atom. The van der Waals surface area contributed by atoms with Gasteiger partial charge in [0.2, 0.25) is 0 Å². The monoisotopic (exact) mass is 337 g/mol. The molecule has 0 heterocycles. The minimum Gasteiger partial charge on any atom is -0.545 e. The van der Waals surface area contributed by atoms with Crippen LogP contribution in [0.2, 0.25) is 0 Å². The standard InChI is InChI=1S/C21H22O4/c1-21(2,3)16-8-5-14(6-9-16)11-18(20(23)24)17-10-7-15(13-22)12-19(17)25-4/h5-13H,1-4H3,(H,23,24)/p-1/b18-11-. The number of aldehydes is 1. The molecule has 0 fully saturated rings. The van der Waals surface area contributed by atoms with E-state index in [2.05, 4.69) is 20.8 Å². The van der Waals surface area contributed by atoms with Crippen LogP contribution in [0.15, 0.2) is 42.5 Å². The second kappa shape index (κ2) is 7.34. The lowest BCUT2D eigenvalue weighted by Crippen LogP contribution is -2.23. The lowest BCUT2D eigenvalue weighted by atomic mass is 9.86. The van der Waals surface area contributed by atoms with Gasteiger partial charge in [-0.25, -0.2) is 0 Å². The molecule has 2 rings (SSSR count). The summed E-state index contributed by atoms with van der Waals surface area (Å²) in [5.41, 5.74) is 2.70. The van der Waals surface area contributed by atoms with Gasteiger partial charge in [-0.3, -0.25) is 4.79 Å². The number of carboxylic acid groups (broad SMARTS) is 1. The number of ether oxygens (including phenoxy) is 1. The Morgan fingerprint density at radius 1 is 1.04 bits per heavy atom. The molecule has 25 heavy (non-hydrogen) atoms. The van der Waals surface area contributed by atoms with E-state index in [4.69, 9.17) is 4.74 Å². The fraction of sp³-hybridized carbons (Fsp3) is 0.238. The molecule has 0 amide bonds. The second-order valence-corrected chi connectivity index (χ2v) is 6.80. The molecule has 0 spiro atoms. The van der Waals surface area contributed by atoms with E-state index in [0.717, 1.165) is 11.1 Å². The van der Waals surface area contributed by atoms with Crippen molar-refractivity contribution < 1.29 is 19.4 Å². The third-order valence-electron chi connectivity index (χ3n) is 3.96. The fourth-order valence-corrected chi connectivity index (χ4v) is 2.50. The van der Waals surface area contributed by atoms with Crippen molar-refractivity contribution in [3.05, 3.63) is 64.7 Å². The molecule has 0 aliphatic carbocycles. The van der Waals surface area contributed by atoms with E-state index < -0.39 is 5.97 Å². The third-order valence-corrected chi connectivity index (χ3v) is 3.96. The molecule has 0 N–H and O–H groups in total. The lowest BCUT2D eigenvalue weighted by molar-refractivity contribution is -0.295. The van der Waals surface area contributed by atoms with E-state index in [1.54, 1.807) is 18.2 Å². The summed E-state index contributed by atoms with van der Waals surface area (Å²) in [5.74, 6) is -0.997. The summed E-state index contributed by atoms with van der Waals surface area (Å²) in [7, 11) is 1.43. The summed E-state index contributed by atoms with van der Waals surface area (Å²) in [5, 5.41) is 11.6. The minimum atomic E-state index is -1.31. The first-order valence-corrected chi connectivity index (χ1v) is 7.93. The summed E-state index contributed by atoms with van der Waals surface area (Å²) < 4.78 is 5.23. The van der Waals surface area contributed by atoms with E-state index in [-0.39, 0.29) is 11.0 Å². The number of hydrogen-bond acceptors (Lipinski definition) is 4. The molecule has 0 saturated carbocycles.